The van der Waals surface area contributed by atoms with Gasteiger partial charge in [0, 0.05) is 47.0 Å². The number of rotatable bonds is 2. The molecule has 0 bridgehead atoms. The molecule has 0 aromatic heterocycles. The molecule has 0 unspecified atom stereocenters. The summed E-state index contributed by atoms with van der Waals surface area (Å²) in [6.07, 6.45) is 2.35. The second-order valence-electron chi connectivity index (χ2n) is 11.3. The van der Waals surface area contributed by atoms with Gasteiger partial charge in [-0.25, -0.2) is 0 Å². The maximum absolute atomic E-state index is 13.8. The van der Waals surface area contributed by atoms with E-state index in [-0.39, 0.29) is 22.4 Å². The van der Waals surface area contributed by atoms with Crippen LogP contribution in [-0.2, 0) is 9.59 Å². The molecule has 1 aliphatic heterocycles. The Morgan fingerprint density at radius 2 is 1.26 bits per heavy atom. The second kappa shape index (κ2) is 8.10. The summed E-state index contributed by atoms with van der Waals surface area (Å²) >= 11 is 13.2. The Bertz CT molecular complexity index is 1220. The van der Waals surface area contributed by atoms with Crippen LogP contribution in [0.4, 0.5) is 5.69 Å². The van der Waals surface area contributed by atoms with Gasteiger partial charge in [-0.05, 0) is 47.4 Å². The molecule has 0 radical (unpaired) electrons. The van der Waals surface area contributed by atoms with Gasteiger partial charge in [0.1, 0.15) is 0 Å². The number of Topliss-reactive ketones (excluding diaryl/α,β-unsaturated/α-hetero) is 2. The molecule has 0 N–H and O–H groups in total. The van der Waals surface area contributed by atoms with E-state index in [9.17, 15) is 9.59 Å². The van der Waals surface area contributed by atoms with E-state index in [4.69, 9.17) is 23.2 Å². The zero-order chi connectivity index (χ0) is 24.4. The molecule has 0 atom stereocenters. The van der Waals surface area contributed by atoms with E-state index >= 15 is 0 Å². The summed E-state index contributed by atoms with van der Waals surface area (Å²) in [5, 5.41) is 0.845. The highest BCUT2D eigenvalue weighted by Gasteiger charge is 2.49. The topological polar surface area (TPSA) is 37.4 Å². The van der Waals surface area contributed by atoms with Crippen LogP contribution in [0.25, 0.3) is 0 Å². The van der Waals surface area contributed by atoms with Crippen LogP contribution in [0, 0.1) is 10.8 Å². The van der Waals surface area contributed by atoms with Gasteiger partial charge in [0.05, 0.1) is 10.0 Å². The number of allylic oxidation sites excluding steroid dienone is 4. The lowest BCUT2D eigenvalue weighted by Crippen LogP contribution is -2.44. The summed E-state index contributed by atoms with van der Waals surface area (Å²) in [5.41, 5.74) is 4.71. The quantitative estimate of drug-likeness (QED) is 0.426. The highest BCUT2D eigenvalue weighted by atomic mass is 35.5. The molecule has 3 aliphatic rings. The van der Waals surface area contributed by atoms with Crippen LogP contribution in [0.1, 0.15) is 64.9 Å². The highest BCUT2D eigenvalue weighted by Crippen LogP contribution is 2.56. The Morgan fingerprint density at radius 1 is 0.735 bits per heavy atom. The lowest BCUT2D eigenvalue weighted by molar-refractivity contribution is -0.119. The molecule has 5 rings (SSSR count). The third-order valence-electron chi connectivity index (χ3n) is 7.22. The van der Waals surface area contributed by atoms with Crippen LogP contribution in [-0.4, -0.2) is 11.6 Å². The average Bonchev–Trinajstić information content (AvgIpc) is 2.73. The molecule has 176 valence electrons. The van der Waals surface area contributed by atoms with Crippen LogP contribution >= 0.6 is 23.2 Å². The Balaban J connectivity index is 1.86. The lowest BCUT2D eigenvalue weighted by Gasteiger charge is -2.49. The molecular weight excluding hydrogens is 465 g/mol. The largest absolute Gasteiger partial charge is 0.317 e. The maximum Gasteiger partial charge on any atom is 0.162 e. The fraction of sp³-hybridized carbons (Fsp3) is 0.379. The number of benzene rings is 2. The number of carbonyl (C=O) groups excluding carboxylic acids is 2. The van der Waals surface area contributed by atoms with Crippen molar-refractivity contribution in [1.82, 2.24) is 0 Å². The van der Waals surface area contributed by atoms with Crippen LogP contribution in [0.2, 0.25) is 10.0 Å². The van der Waals surface area contributed by atoms with Gasteiger partial charge in [0.15, 0.2) is 11.6 Å². The molecule has 0 saturated heterocycles. The predicted molar refractivity (Wildman–Crippen MR) is 138 cm³/mol. The second-order valence-corrected chi connectivity index (χ2v) is 12.1. The fourth-order valence-electron chi connectivity index (χ4n) is 5.91. The minimum absolute atomic E-state index is 0.0809. The van der Waals surface area contributed by atoms with Gasteiger partial charge in [0.2, 0.25) is 0 Å². The third-order valence-corrected chi connectivity index (χ3v) is 8.05. The summed E-state index contributed by atoms with van der Waals surface area (Å²) in [6.45, 7) is 8.55. The summed E-state index contributed by atoms with van der Waals surface area (Å²) in [4.78, 5) is 29.8. The third kappa shape index (κ3) is 3.83. The Kier molecular flexibility index (Phi) is 5.57. The Morgan fingerprint density at radius 3 is 1.79 bits per heavy atom. The van der Waals surface area contributed by atoms with Crippen molar-refractivity contribution >= 4 is 40.5 Å². The van der Waals surface area contributed by atoms with Crippen molar-refractivity contribution in [3.05, 3.63) is 86.7 Å². The first-order valence-electron chi connectivity index (χ1n) is 11.8. The van der Waals surface area contributed by atoms with Crippen molar-refractivity contribution < 1.29 is 9.59 Å². The SMILES string of the molecule is CC1(C)CC(=O)C2=C(C1)N(c1ccccc1)C1=C(C(=O)CC(C)(C)C1)C2c1cccc(Cl)c1Cl. The normalized spacial score (nSPS) is 22.1. The van der Waals surface area contributed by atoms with Gasteiger partial charge in [-0.2, -0.15) is 0 Å². The highest BCUT2D eigenvalue weighted by molar-refractivity contribution is 6.42. The van der Waals surface area contributed by atoms with E-state index in [1.807, 2.05) is 30.3 Å². The van der Waals surface area contributed by atoms with Gasteiger partial charge < -0.3 is 4.90 Å². The van der Waals surface area contributed by atoms with Crippen LogP contribution in [0.5, 0.6) is 0 Å². The van der Waals surface area contributed by atoms with Crippen LogP contribution < -0.4 is 4.90 Å². The zero-order valence-electron chi connectivity index (χ0n) is 20.0. The molecule has 3 nitrogen and oxygen atoms in total. The lowest BCUT2D eigenvalue weighted by atomic mass is 9.63. The smallest absolute Gasteiger partial charge is 0.162 e. The number of anilines is 1. The number of carbonyl (C=O) groups is 2. The first-order valence-corrected chi connectivity index (χ1v) is 12.6. The summed E-state index contributed by atoms with van der Waals surface area (Å²) in [7, 11) is 0. The van der Waals surface area contributed by atoms with Crippen LogP contribution in [0.15, 0.2) is 71.1 Å². The summed E-state index contributed by atoms with van der Waals surface area (Å²) < 4.78 is 0. The Labute approximate surface area is 211 Å². The molecule has 0 saturated carbocycles. The minimum atomic E-state index is -0.497. The molecule has 2 aliphatic carbocycles. The van der Waals surface area contributed by atoms with E-state index in [2.05, 4.69) is 44.7 Å². The molecule has 34 heavy (non-hydrogen) atoms. The van der Waals surface area contributed by atoms with E-state index in [1.165, 1.54) is 0 Å². The van der Waals surface area contributed by atoms with Gasteiger partial charge in [0.25, 0.3) is 0 Å². The van der Waals surface area contributed by atoms with E-state index < -0.39 is 5.92 Å². The van der Waals surface area contributed by atoms with Gasteiger partial charge in [-0.15, -0.1) is 0 Å². The standard InChI is InChI=1S/C29H29Cl2NO2/c1-28(2)13-20-25(22(33)15-28)24(18-11-8-12-19(30)27(18)31)26-21(14-29(3,4)16-23(26)34)32(20)17-9-6-5-7-10-17/h5-12,24H,13-16H2,1-4H3. The number of halogens is 2. The van der Waals surface area contributed by atoms with Gasteiger partial charge in [-0.1, -0.05) is 81.2 Å². The molecule has 2 aromatic carbocycles. The van der Waals surface area contributed by atoms with Crippen molar-refractivity contribution in [3.63, 3.8) is 0 Å². The van der Waals surface area contributed by atoms with E-state index in [1.54, 1.807) is 6.07 Å². The predicted octanol–water partition coefficient (Wildman–Crippen LogP) is 7.88. The zero-order valence-corrected chi connectivity index (χ0v) is 21.6. The Hall–Kier alpha value is -2.36. The summed E-state index contributed by atoms with van der Waals surface area (Å²) in [5.74, 6) is -0.335. The van der Waals surface area contributed by atoms with Crippen LogP contribution in [0.3, 0.4) is 0 Å². The average molecular weight is 494 g/mol. The first kappa shape index (κ1) is 23.4. The van der Waals surface area contributed by atoms with Crippen molar-refractivity contribution in [2.45, 2.75) is 59.3 Å². The maximum atomic E-state index is 13.8. The molecule has 0 amide bonds. The number of ketones is 2. The molecule has 5 heteroatoms. The molecule has 2 aromatic rings. The number of hydrogen-bond acceptors (Lipinski definition) is 3. The molecule has 0 spiro atoms. The monoisotopic (exact) mass is 493 g/mol. The first-order chi connectivity index (χ1) is 16.0. The minimum Gasteiger partial charge on any atom is -0.317 e. The number of para-hydroxylation sites is 1. The molecular formula is C29H29Cl2NO2. The molecule has 0 fully saturated rings. The van der Waals surface area contributed by atoms with Crippen molar-refractivity contribution in [2.75, 3.05) is 4.90 Å². The van der Waals surface area contributed by atoms with Gasteiger partial charge >= 0.3 is 0 Å². The number of hydrogen-bond donors (Lipinski definition) is 0. The van der Waals surface area contributed by atoms with Crippen molar-refractivity contribution in [1.29, 1.82) is 0 Å². The number of nitrogens with zero attached hydrogens (tertiary/aromatic N) is 1. The molecule has 1 heterocycles. The summed E-state index contributed by atoms with van der Waals surface area (Å²) in [6, 6.07) is 15.6. The van der Waals surface area contributed by atoms with Gasteiger partial charge in [-0.3, -0.25) is 9.59 Å². The fourth-order valence-corrected chi connectivity index (χ4v) is 6.33. The van der Waals surface area contributed by atoms with Crippen molar-refractivity contribution in [2.24, 2.45) is 10.8 Å². The van der Waals surface area contributed by atoms with E-state index in [0.29, 0.717) is 34.0 Å². The van der Waals surface area contributed by atoms with E-state index in [0.717, 1.165) is 35.5 Å². The van der Waals surface area contributed by atoms with Crippen molar-refractivity contribution in [3.8, 4) is 0 Å².